The van der Waals surface area contributed by atoms with Crippen LogP contribution in [0.25, 0.3) is 0 Å². The number of nitrogens with one attached hydrogen (secondary N) is 2. The Kier molecular flexibility index (Phi) is 13.7. The van der Waals surface area contributed by atoms with Crippen molar-refractivity contribution in [1.82, 2.24) is 15.8 Å². The van der Waals surface area contributed by atoms with Crippen molar-refractivity contribution in [3.63, 3.8) is 0 Å². The van der Waals surface area contributed by atoms with E-state index in [1.165, 1.54) is 0 Å². The molecule has 0 saturated carbocycles. The van der Waals surface area contributed by atoms with E-state index in [-0.39, 0.29) is 31.2 Å². The van der Waals surface area contributed by atoms with Gasteiger partial charge in [-0.25, -0.2) is 24.8 Å². The molecule has 244 valence electrons. The minimum Gasteiger partial charge on any atom is -0.444 e. The van der Waals surface area contributed by atoms with Crippen molar-refractivity contribution in [3.05, 3.63) is 71.8 Å². The maximum Gasteiger partial charge on any atom is 0.429 e. The van der Waals surface area contributed by atoms with E-state index in [1.807, 2.05) is 36.4 Å². The number of aliphatic hydroxyl groups is 1. The van der Waals surface area contributed by atoms with Crippen LogP contribution in [0.4, 0.5) is 14.4 Å². The summed E-state index contributed by atoms with van der Waals surface area (Å²) >= 11 is 0. The number of hydrogen-bond acceptors (Lipinski definition) is 8. The van der Waals surface area contributed by atoms with E-state index >= 15 is 0 Å². The van der Waals surface area contributed by atoms with E-state index in [0.717, 1.165) is 16.1 Å². The van der Waals surface area contributed by atoms with Gasteiger partial charge in [-0.05, 0) is 56.5 Å². The van der Waals surface area contributed by atoms with Gasteiger partial charge in [0.2, 0.25) is 0 Å². The quantitative estimate of drug-likeness (QED) is 0.145. The van der Waals surface area contributed by atoms with Crippen molar-refractivity contribution in [2.45, 2.75) is 97.1 Å². The first-order valence-corrected chi connectivity index (χ1v) is 17.6. The second-order valence-electron chi connectivity index (χ2n) is 13.0. The molecule has 0 aliphatic carbocycles. The monoisotopic (exact) mass is 631 g/mol. The Labute approximate surface area is 262 Å². The van der Waals surface area contributed by atoms with Crippen LogP contribution in [0.1, 0.15) is 59.1 Å². The molecule has 2 aromatic rings. The normalized spacial score (nSPS) is 13.3. The standard InChI is InChI=1S/C32H49N3O8Si/c1-31(2,3)42-28(37)33-20-27(43-44(7,8)32(4,5)6)19-26(21-36)35(30(39)41-23-25-17-13-10-14-18-25)34-29(38)40-22-24-15-11-9-12-16-24/h9-18,26-27,36H,19-23H2,1-8H3,(H,33,37)(H,34,38)/t26-,27+/m0/s1. The third-order valence-electron chi connectivity index (χ3n) is 7.08. The number of hydrogen-bond donors (Lipinski definition) is 3. The average Bonchev–Trinajstić information content (AvgIpc) is 2.94. The first kappa shape index (κ1) is 36.6. The molecule has 2 aromatic carbocycles. The van der Waals surface area contributed by atoms with Crippen molar-refractivity contribution in [2.24, 2.45) is 0 Å². The summed E-state index contributed by atoms with van der Waals surface area (Å²) in [5, 5.41) is 14.0. The lowest BCUT2D eigenvalue weighted by Gasteiger charge is -2.41. The zero-order valence-corrected chi connectivity index (χ0v) is 28.2. The maximum atomic E-state index is 13.4. The highest BCUT2D eigenvalue weighted by atomic mass is 28.4. The molecule has 0 aliphatic heterocycles. The second-order valence-corrected chi connectivity index (χ2v) is 17.8. The van der Waals surface area contributed by atoms with Crippen molar-refractivity contribution < 1.29 is 38.1 Å². The number of carbonyl (C=O) groups is 3. The molecule has 0 fully saturated rings. The van der Waals surface area contributed by atoms with E-state index in [1.54, 1.807) is 45.0 Å². The van der Waals surface area contributed by atoms with Crippen LogP contribution in [-0.4, -0.2) is 67.6 Å². The molecule has 3 N–H and O–H groups in total. The molecular formula is C32H49N3O8Si. The topological polar surface area (TPSA) is 136 Å². The van der Waals surface area contributed by atoms with Crippen molar-refractivity contribution in [2.75, 3.05) is 13.2 Å². The van der Waals surface area contributed by atoms with E-state index in [4.69, 9.17) is 18.6 Å². The van der Waals surface area contributed by atoms with Crippen LogP contribution in [-0.2, 0) is 31.9 Å². The lowest BCUT2D eigenvalue weighted by Crippen LogP contribution is -2.56. The third kappa shape index (κ3) is 12.9. The van der Waals surface area contributed by atoms with E-state index in [0.29, 0.717) is 0 Å². The number of amides is 3. The second kappa shape index (κ2) is 16.5. The number of alkyl carbamates (subject to hydrolysis) is 1. The highest BCUT2D eigenvalue weighted by Crippen LogP contribution is 2.37. The average molecular weight is 632 g/mol. The lowest BCUT2D eigenvalue weighted by molar-refractivity contribution is 0.0157. The Morgan fingerprint density at radius 1 is 0.841 bits per heavy atom. The van der Waals surface area contributed by atoms with Crippen molar-refractivity contribution in [3.8, 4) is 0 Å². The van der Waals surface area contributed by atoms with Gasteiger partial charge in [0.05, 0.1) is 18.8 Å². The summed E-state index contributed by atoms with van der Waals surface area (Å²) in [5.41, 5.74) is 3.26. The molecule has 11 nitrogen and oxygen atoms in total. The SMILES string of the molecule is CC(C)(C)OC(=O)NC[C@@H](C[C@@H](CO)N(NC(=O)OCc1ccccc1)C(=O)OCc1ccccc1)O[Si](C)(C)C(C)(C)C. The predicted octanol–water partition coefficient (Wildman–Crippen LogP) is 6.13. The Balaban J connectivity index is 2.28. The number of carbonyl (C=O) groups excluding carboxylic acids is 3. The zero-order valence-electron chi connectivity index (χ0n) is 27.2. The molecular weight excluding hydrogens is 582 g/mol. The summed E-state index contributed by atoms with van der Waals surface area (Å²) in [6.45, 7) is 15.1. The third-order valence-corrected chi connectivity index (χ3v) is 11.6. The van der Waals surface area contributed by atoms with Crippen LogP contribution in [0.15, 0.2) is 60.7 Å². The first-order chi connectivity index (χ1) is 20.5. The minimum absolute atomic E-state index is 0.0275. The van der Waals surface area contributed by atoms with Gasteiger partial charge in [-0.3, -0.25) is 0 Å². The van der Waals surface area contributed by atoms with Crippen LogP contribution >= 0.6 is 0 Å². The lowest BCUT2D eigenvalue weighted by atomic mass is 10.1. The highest BCUT2D eigenvalue weighted by Gasteiger charge is 2.40. The first-order valence-electron chi connectivity index (χ1n) is 14.7. The molecule has 0 aliphatic rings. The Morgan fingerprint density at radius 3 is 1.84 bits per heavy atom. The summed E-state index contributed by atoms with van der Waals surface area (Å²) < 4.78 is 22.9. The number of rotatable bonds is 12. The van der Waals surface area contributed by atoms with Crippen molar-refractivity contribution >= 4 is 26.6 Å². The van der Waals surface area contributed by atoms with Gasteiger partial charge in [-0.1, -0.05) is 81.4 Å². The molecule has 0 heterocycles. The Hall–Kier alpha value is -3.61. The van der Waals surface area contributed by atoms with Gasteiger partial charge in [-0.15, -0.1) is 0 Å². The summed E-state index contributed by atoms with van der Waals surface area (Å²) in [6, 6.07) is 17.2. The molecule has 12 heteroatoms. The summed E-state index contributed by atoms with van der Waals surface area (Å²) in [5.74, 6) is 0. The van der Waals surface area contributed by atoms with Gasteiger partial charge < -0.3 is 29.1 Å². The Bertz CT molecular complexity index is 1180. The van der Waals surface area contributed by atoms with E-state index in [2.05, 4.69) is 44.6 Å². The zero-order chi connectivity index (χ0) is 33.0. The number of nitrogens with zero attached hydrogens (tertiary/aromatic N) is 1. The van der Waals surface area contributed by atoms with E-state index in [9.17, 15) is 19.5 Å². The van der Waals surface area contributed by atoms with Gasteiger partial charge in [0.15, 0.2) is 8.32 Å². The van der Waals surface area contributed by atoms with E-state index < -0.39 is 51.0 Å². The molecule has 0 radical (unpaired) electrons. The smallest absolute Gasteiger partial charge is 0.429 e. The number of ether oxygens (including phenoxy) is 3. The molecule has 0 bridgehead atoms. The van der Waals surface area contributed by atoms with Crippen LogP contribution in [0.5, 0.6) is 0 Å². The molecule has 0 aromatic heterocycles. The molecule has 2 rings (SSSR count). The van der Waals surface area contributed by atoms with Gasteiger partial charge in [-0.2, -0.15) is 0 Å². The van der Waals surface area contributed by atoms with Gasteiger partial charge in [0, 0.05) is 6.54 Å². The summed E-state index contributed by atoms with van der Waals surface area (Å²) in [4.78, 5) is 38.7. The summed E-state index contributed by atoms with van der Waals surface area (Å²) in [7, 11) is -2.39. The number of hydrazine groups is 1. The van der Waals surface area contributed by atoms with Crippen LogP contribution in [0.3, 0.4) is 0 Å². The fourth-order valence-electron chi connectivity index (χ4n) is 3.77. The molecule has 0 spiro atoms. The van der Waals surface area contributed by atoms with Crippen LogP contribution in [0, 0.1) is 0 Å². The van der Waals surface area contributed by atoms with Crippen molar-refractivity contribution in [1.29, 1.82) is 0 Å². The van der Waals surface area contributed by atoms with Gasteiger partial charge in [0.1, 0.15) is 18.8 Å². The van der Waals surface area contributed by atoms with Gasteiger partial charge >= 0.3 is 18.3 Å². The van der Waals surface area contributed by atoms with Gasteiger partial charge in [0.25, 0.3) is 0 Å². The number of benzene rings is 2. The fraction of sp³-hybridized carbons (Fsp3) is 0.531. The molecule has 0 unspecified atom stereocenters. The highest BCUT2D eigenvalue weighted by molar-refractivity contribution is 6.74. The minimum atomic E-state index is -2.39. The molecule has 2 atom stereocenters. The van der Waals surface area contributed by atoms with Crippen LogP contribution < -0.4 is 10.7 Å². The fourth-order valence-corrected chi connectivity index (χ4v) is 5.14. The number of aliphatic hydroxyl groups excluding tert-OH is 1. The summed E-state index contributed by atoms with van der Waals surface area (Å²) in [6.07, 6.45) is -3.01. The molecule has 3 amide bonds. The van der Waals surface area contributed by atoms with Crippen LogP contribution in [0.2, 0.25) is 18.1 Å². The predicted molar refractivity (Wildman–Crippen MR) is 170 cm³/mol. The maximum absolute atomic E-state index is 13.4. The Morgan fingerprint density at radius 2 is 1.36 bits per heavy atom. The molecule has 0 saturated heterocycles. The largest absolute Gasteiger partial charge is 0.444 e. The molecule has 44 heavy (non-hydrogen) atoms.